The van der Waals surface area contributed by atoms with Crippen molar-refractivity contribution >= 4 is 11.9 Å². The largest absolute Gasteiger partial charge is 0.459 e. The van der Waals surface area contributed by atoms with Crippen LogP contribution in [0, 0.1) is 0 Å². The summed E-state index contributed by atoms with van der Waals surface area (Å²) in [4.78, 5) is 20.1. The van der Waals surface area contributed by atoms with Gasteiger partial charge in [0.15, 0.2) is 11.7 Å². The second-order valence-corrected chi connectivity index (χ2v) is 5.75. The molecule has 0 atom stereocenters. The maximum atomic E-state index is 12.2. The van der Waals surface area contributed by atoms with Gasteiger partial charge in [0.2, 0.25) is 0 Å². The molecule has 1 fully saturated rings. The number of carbonyl (C=O) groups is 1. The van der Waals surface area contributed by atoms with Crippen LogP contribution in [0.4, 0.5) is 13.2 Å². The molecule has 0 aromatic carbocycles. The topological polar surface area (TPSA) is 70.3 Å². The van der Waals surface area contributed by atoms with Crippen molar-refractivity contribution in [3.63, 3.8) is 0 Å². The number of aliphatic imine (C=N–C) groups is 1. The summed E-state index contributed by atoms with van der Waals surface area (Å²) in [6, 6.07) is 3.31. The van der Waals surface area contributed by atoms with Crippen LogP contribution in [0.3, 0.4) is 0 Å². The first-order valence-corrected chi connectivity index (χ1v) is 8.33. The van der Waals surface area contributed by atoms with Gasteiger partial charge in [0.1, 0.15) is 6.61 Å². The molecule has 1 saturated heterocycles. The summed E-state index contributed by atoms with van der Waals surface area (Å²) in [7, 11) is 1.64. The van der Waals surface area contributed by atoms with Crippen molar-refractivity contribution in [3.8, 4) is 0 Å². The molecule has 10 heteroatoms. The number of nitrogens with one attached hydrogen (secondary N) is 1. The van der Waals surface area contributed by atoms with Crippen LogP contribution in [0.1, 0.15) is 17.0 Å². The van der Waals surface area contributed by atoms with E-state index in [-0.39, 0.29) is 12.5 Å². The minimum absolute atomic E-state index is 0.0227. The van der Waals surface area contributed by atoms with Crippen LogP contribution in [0.2, 0.25) is 0 Å². The lowest BCUT2D eigenvalue weighted by Gasteiger charge is -2.36. The predicted molar refractivity (Wildman–Crippen MR) is 89.0 cm³/mol. The number of nitrogens with zero attached hydrogens (tertiary/aromatic N) is 3. The van der Waals surface area contributed by atoms with E-state index in [1.54, 1.807) is 24.1 Å². The second-order valence-electron chi connectivity index (χ2n) is 5.75. The first-order chi connectivity index (χ1) is 12.4. The molecule has 146 valence electrons. The molecule has 0 aliphatic carbocycles. The fourth-order valence-corrected chi connectivity index (χ4v) is 2.57. The summed E-state index contributed by atoms with van der Waals surface area (Å²) in [5.74, 6) is 0.838. The Balaban J connectivity index is 1.67. The summed E-state index contributed by atoms with van der Waals surface area (Å²) in [6.07, 6.45) is -2.39. The number of furan rings is 1. The SMILES string of the molecule is CN=C(NCCCOCC(F)(F)F)N1CCN(C(=O)c2ccco2)CC1. The van der Waals surface area contributed by atoms with E-state index >= 15 is 0 Å². The van der Waals surface area contributed by atoms with Crippen molar-refractivity contribution in [2.24, 2.45) is 4.99 Å². The molecule has 0 unspecified atom stereocenters. The first-order valence-electron chi connectivity index (χ1n) is 8.33. The molecule has 2 rings (SSSR count). The zero-order valence-corrected chi connectivity index (χ0v) is 14.6. The molecule has 26 heavy (non-hydrogen) atoms. The number of alkyl halides is 3. The highest BCUT2D eigenvalue weighted by atomic mass is 19.4. The van der Waals surface area contributed by atoms with Crippen molar-refractivity contribution in [1.29, 1.82) is 0 Å². The Hall–Kier alpha value is -2.23. The van der Waals surface area contributed by atoms with Gasteiger partial charge in [0, 0.05) is 46.4 Å². The lowest BCUT2D eigenvalue weighted by atomic mass is 10.3. The number of ether oxygens (including phenoxy) is 1. The number of rotatable bonds is 6. The Kier molecular flexibility index (Phi) is 7.31. The van der Waals surface area contributed by atoms with Crippen molar-refractivity contribution in [3.05, 3.63) is 24.2 Å². The fraction of sp³-hybridized carbons (Fsp3) is 0.625. The van der Waals surface area contributed by atoms with Crippen molar-refractivity contribution in [2.45, 2.75) is 12.6 Å². The van der Waals surface area contributed by atoms with Crippen LogP contribution >= 0.6 is 0 Å². The summed E-state index contributed by atoms with van der Waals surface area (Å²) in [6.45, 7) is 1.54. The third-order valence-corrected chi connectivity index (χ3v) is 3.82. The molecule has 1 aromatic heterocycles. The third kappa shape index (κ3) is 6.25. The number of halogens is 3. The zero-order chi connectivity index (χ0) is 19.0. The van der Waals surface area contributed by atoms with Crippen LogP contribution in [0.15, 0.2) is 27.8 Å². The smallest absolute Gasteiger partial charge is 0.411 e. The van der Waals surface area contributed by atoms with Crippen molar-refractivity contribution in [2.75, 3.05) is 53.0 Å². The minimum atomic E-state index is -4.30. The van der Waals surface area contributed by atoms with E-state index in [0.29, 0.717) is 50.9 Å². The van der Waals surface area contributed by atoms with Gasteiger partial charge >= 0.3 is 6.18 Å². The molecular formula is C16H23F3N4O3. The van der Waals surface area contributed by atoms with Crippen molar-refractivity contribution < 1.29 is 27.1 Å². The molecule has 0 saturated carbocycles. The number of carbonyl (C=O) groups excluding carboxylic acids is 1. The van der Waals surface area contributed by atoms with Crippen LogP contribution in [-0.4, -0.2) is 80.8 Å². The van der Waals surface area contributed by atoms with E-state index in [1.807, 2.05) is 4.90 Å². The van der Waals surface area contributed by atoms with Crippen LogP contribution < -0.4 is 5.32 Å². The molecule has 1 aliphatic rings. The van der Waals surface area contributed by atoms with Crippen LogP contribution in [0.5, 0.6) is 0 Å². The summed E-state index contributed by atoms with van der Waals surface area (Å²) >= 11 is 0. The number of piperazine rings is 1. The maximum absolute atomic E-state index is 12.2. The molecule has 1 amide bonds. The fourth-order valence-electron chi connectivity index (χ4n) is 2.57. The maximum Gasteiger partial charge on any atom is 0.411 e. The zero-order valence-electron chi connectivity index (χ0n) is 14.6. The monoisotopic (exact) mass is 376 g/mol. The van der Waals surface area contributed by atoms with Crippen LogP contribution in [-0.2, 0) is 4.74 Å². The Morgan fingerprint density at radius 1 is 1.31 bits per heavy atom. The molecule has 1 aromatic rings. The normalized spacial score (nSPS) is 16.1. The van der Waals surface area contributed by atoms with E-state index in [2.05, 4.69) is 15.0 Å². The molecule has 0 spiro atoms. The third-order valence-electron chi connectivity index (χ3n) is 3.82. The Morgan fingerprint density at radius 3 is 2.58 bits per heavy atom. The van der Waals surface area contributed by atoms with Gasteiger partial charge in [-0.2, -0.15) is 13.2 Å². The molecule has 2 heterocycles. The van der Waals surface area contributed by atoms with Gasteiger partial charge in [-0.1, -0.05) is 0 Å². The Bertz CT molecular complexity index is 582. The highest BCUT2D eigenvalue weighted by Gasteiger charge is 2.27. The van der Waals surface area contributed by atoms with Gasteiger partial charge in [0.05, 0.1) is 6.26 Å². The molecular weight excluding hydrogens is 353 g/mol. The van der Waals surface area contributed by atoms with E-state index in [4.69, 9.17) is 4.42 Å². The van der Waals surface area contributed by atoms with E-state index in [1.165, 1.54) is 6.26 Å². The van der Waals surface area contributed by atoms with Gasteiger partial charge in [-0.15, -0.1) is 0 Å². The van der Waals surface area contributed by atoms with E-state index in [9.17, 15) is 18.0 Å². The number of guanidine groups is 1. The summed E-state index contributed by atoms with van der Waals surface area (Å²) in [5, 5.41) is 3.10. The second kappa shape index (κ2) is 9.46. The van der Waals surface area contributed by atoms with Crippen molar-refractivity contribution in [1.82, 2.24) is 15.1 Å². The number of hydrogen-bond acceptors (Lipinski definition) is 4. The summed E-state index contributed by atoms with van der Waals surface area (Å²) in [5.41, 5.74) is 0. The minimum Gasteiger partial charge on any atom is -0.459 e. The number of hydrogen-bond donors (Lipinski definition) is 1. The Morgan fingerprint density at radius 2 is 2.00 bits per heavy atom. The van der Waals surface area contributed by atoms with Crippen LogP contribution in [0.25, 0.3) is 0 Å². The van der Waals surface area contributed by atoms with Gasteiger partial charge in [0.25, 0.3) is 5.91 Å². The first kappa shape index (κ1) is 20.1. The predicted octanol–water partition coefficient (Wildman–Crippen LogP) is 1.58. The molecule has 1 aliphatic heterocycles. The lowest BCUT2D eigenvalue weighted by molar-refractivity contribution is -0.173. The van der Waals surface area contributed by atoms with Gasteiger partial charge < -0.3 is 24.3 Å². The molecule has 1 N–H and O–H groups in total. The summed E-state index contributed by atoms with van der Waals surface area (Å²) < 4.78 is 45.6. The Labute approximate surface area is 149 Å². The average Bonchev–Trinajstić information content (AvgIpc) is 3.14. The molecule has 0 radical (unpaired) electrons. The average molecular weight is 376 g/mol. The van der Waals surface area contributed by atoms with E-state index < -0.39 is 12.8 Å². The van der Waals surface area contributed by atoms with Gasteiger partial charge in [-0.05, 0) is 18.6 Å². The highest BCUT2D eigenvalue weighted by Crippen LogP contribution is 2.14. The lowest BCUT2D eigenvalue weighted by Crippen LogP contribution is -2.53. The standard InChI is InChI=1S/C16H23F3N4O3/c1-20-15(21-5-3-10-25-12-16(17,18)19)23-8-6-22(7-9-23)14(24)13-4-2-11-26-13/h2,4,11H,3,5-10,12H2,1H3,(H,20,21). The quantitative estimate of drug-likeness (QED) is 0.464. The van der Waals surface area contributed by atoms with Gasteiger partial charge in [-0.3, -0.25) is 9.79 Å². The molecule has 7 nitrogen and oxygen atoms in total. The van der Waals surface area contributed by atoms with Gasteiger partial charge in [-0.25, -0.2) is 0 Å². The number of amides is 1. The van der Waals surface area contributed by atoms with E-state index in [0.717, 1.165) is 0 Å². The highest BCUT2D eigenvalue weighted by molar-refractivity contribution is 5.91. The molecule has 0 bridgehead atoms.